The molecule has 51 heavy (non-hydrogen) atoms. The van der Waals surface area contributed by atoms with Gasteiger partial charge in [0.1, 0.15) is 0 Å². The van der Waals surface area contributed by atoms with Gasteiger partial charge in [-0.25, -0.2) is 0 Å². The van der Waals surface area contributed by atoms with Crippen LogP contribution in [-0.4, -0.2) is 659 Å². The Morgan fingerprint density at radius 2 is 0.176 bits per heavy atom. The molecule has 0 aliphatic rings. The molecule has 9 N–H and O–H groups in total. The number of hydrogen-bond acceptors (Lipinski definition) is 18. The molecule has 0 bridgehead atoms. The van der Waals surface area contributed by atoms with Crippen LogP contribution in [0.5, 0.6) is 0 Å². The fourth-order valence-electron chi connectivity index (χ4n) is 0. The zero-order valence-corrected chi connectivity index (χ0v) is 15.4. The SMILES string of the molecule is O=[N+]([O-])O.O=[N+]([O-])O.O=[N+]([O-])O.O=[N+]([O-])O.O=[N+]([O-])O.O=[N+]([O-])O.O=[N+]([O-])O.O=[N+]([O-])O.O=[N+]([O-])O.[CaH2].[CaH2].[CaH2].[CaH2].[CaH2].[CaH2].[CaH2].[CaH2].[CaH2].[CaH2].[CaH2].[CaH2].[CaH2].[CaH2].[CaH2]. The van der Waals surface area contributed by atoms with Crippen LogP contribution in [0, 0.1) is 91.0 Å². The minimum atomic E-state index is -1.50. The van der Waals surface area contributed by atoms with E-state index in [9.17, 15) is 0 Å². The molecule has 0 aliphatic heterocycles. The third-order valence-corrected chi connectivity index (χ3v) is 0. The Morgan fingerprint density at radius 3 is 0.176 bits per heavy atom. The first-order valence-corrected chi connectivity index (χ1v) is 5.09. The number of rotatable bonds is 0. The maximum absolute atomic E-state index is 8.36. The fourth-order valence-corrected chi connectivity index (χ4v) is 0. The summed E-state index contributed by atoms with van der Waals surface area (Å²) in [6.07, 6.45) is 0. The van der Waals surface area contributed by atoms with Crippen LogP contribution >= 0.6 is 0 Å². The van der Waals surface area contributed by atoms with Crippen LogP contribution in [0.15, 0.2) is 0 Å². The molecule has 0 amide bonds. The van der Waals surface area contributed by atoms with Gasteiger partial charge < -0.3 is 46.9 Å². The molecule has 276 valence electrons. The molecule has 0 heterocycles. The molecule has 0 rings (SSSR count). The molecular weight excluding hydrogens is 1160 g/mol. The summed E-state index contributed by atoms with van der Waals surface area (Å²) < 4.78 is 0. The second kappa shape index (κ2) is 152. The van der Waals surface area contributed by atoms with Gasteiger partial charge in [-0.3, -0.25) is 0 Å². The molecule has 51 heteroatoms. The Bertz CT molecular complexity index is 452. The summed E-state index contributed by atoms with van der Waals surface area (Å²) in [5, 5.41) is 123. The average molecular weight is 1200 g/mol. The molecule has 0 fully saturated rings. The number of hydrogen-bond donors (Lipinski definition) is 9. The van der Waals surface area contributed by atoms with Crippen molar-refractivity contribution in [3.05, 3.63) is 91.0 Å². The summed E-state index contributed by atoms with van der Waals surface area (Å²) >= 11 is 0. The Balaban J connectivity index is -0.00000000705. The summed E-state index contributed by atoms with van der Waals surface area (Å²) in [6.45, 7) is 0. The summed E-state index contributed by atoms with van der Waals surface area (Å²) in [4.78, 5) is 75.3. The summed E-state index contributed by atoms with van der Waals surface area (Å²) in [7, 11) is 0. The van der Waals surface area contributed by atoms with Gasteiger partial charge in [0.25, 0.3) is 45.8 Å². The first-order chi connectivity index (χ1) is 15.6. The van der Waals surface area contributed by atoms with Gasteiger partial charge in [-0.05, 0) is 0 Å². The summed E-state index contributed by atoms with van der Waals surface area (Å²) in [5.41, 5.74) is 0. The van der Waals surface area contributed by atoms with Crippen LogP contribution in [0.4, 0.5) is 0 Å². The zero-order valence-electron chi connectivity index (χ0n) is 15.4. The topological polar surface area (TPSA) is 570 Å². The van der Waals surface area contributed by atoms with Gasteiger partial charge in [-0.2, -0.15) is 0 Å². The Kier molecular flexibility index (Phi) is 474. The Morgan fingerprint density at radius 1 is 0.176 bits per heavy atom. The molecule has 0 spiro atoms. The van der Waals surface area contributed by atoms with E-state index in [2.05, 4.69) is 0 Å². The van der Waals surface area contributed by atoms with E-state index in [-0.39, 0.29) is 566 Å². The zero-order chi connectivity index (χ0) is 32.2. The second-order valence-corrected chi connectivity index (χ2v) is 2.14. The van der Waals surface area contributed by atoms with E-state index in [0.717, 1.165) is 0 Å². The van der Waals surface area contributed by atoms with E-state index in [0.29, 0.717) is 0 Å². The molecular formula is H39Ca15N9O27. The van der Waals surface area contributed by atoms with Gasteiger partial charge in [0.15, 0.2) is 0 Å². The molecule has 0 saturated heterocycles. The summed E-state index contributed by atoms with van der Waals surface area (Å²) in [6, 6.07) is 0. The predicted octanol–water partition coefficient (Wildman–Crippen LogP) is -16.9. The van der Waals surface area contributed by atoms with Gasteiger partial charge in [0.05, 0.1) is 0 Å². The molecule has 0 atom stereocenters. The van der Waals surface area contributed by atoms with Crippen molar-refractivity contribution in [1.29, 1.82) is 0 Å². The molecule has 0 aromatic heterocycles. The molecule has 0 aromatic carbocycles. The van der Waals surface area contributed by atoms with Crippen molar-refractivity contribution in [2.45, 2.75) is 0 Å². The second-order valence-electron chi connectivity index (χ2n) is 2.14. The van der Waals surface area contributed by atoms with Crippen LogP contribution in [0.2, 0.25) is 0 Å². The van der Waals surface area contributed by atoms with E-state index in [1.165, 1.54) is 0 Å². The van der Waals surface area contributed by atoms with Gasteiger partial charge in [0, 0.05) is 0 Å². The molecule has 0 saturated carbocycles. The Hall–Kier alpha value is 11.7. The quantitative estimate of drug-likeness (QED) is 0.0618. The van der Waals surface area contributed by atoms with E-state index < -0.39 is 45.8 Å². The number of nitrogens with zero attached hydrogens (tertiary/aromatic N) is 9. The monoisotopic (exact) mass is 1200 g/mol. The third-order valence-electron chi connectivity index (χ3n) is 0. The van der Waals surface area contributed by atoms with Gasteiger partial charge in [0.2, 0.25) is 0 Å². The first kappa shape index (κ1) is 159. The average Bonchev–Trinajstić information content (AvgIpc) is 2.39. The normalized spacial score (nSPS) is 4.24. The van der Waals surface area contributed by atoms with Crippen molar-refractivity contribution in [2.75, 3.05) is 0 Å². The van der Waals surface area contributed by atoms with Crippen molar-refractivity contribution >= 4 is 566 Å². The minimum absolute atomic E-state index is 0. The molecule has 0 unspecified atom stereocenters. The van der Waals surface area contributed by atoms with Gasteiger partial charge in [-0.1, -0.05) is 0 Å². The first-order valence-electron chi connectivity index (χ1n) is 5.09. The maximum atomic E-state index is 8.36. The molecule has 36 nitrogen and oxygen atoms in total. The van der Waals surface area contributed by atoms with Crippen molar-refractivity contribution in [3.8, 4) is 0 Å². The van der Waals surface area contributed by atoms with Crippen molar-refractivity contribution in [2.24, 2.45) is 0 Å². The van der Waals surface area contributed by atoms with Gasteiger partial charge in [-0.15, -0.1) is 91.0 Å². The molecule has 0 aliphatic carbocycles. The van der Waals surface area contributed by atoms with Crippen LogP contribution < -0.4 is 0 Å². The van der Waals surface area contributed by atoms with Gasteiger partial charge >= 0.3 is 566 Å². The van der Waals surface area contributed by atoms with Crippen LogP contribution in [0.25, 0.3) is 0 Å². The Labute approximate surface area is 727 Å². The van der Waals surface area contributed by atoms with E-state index >= 15 is 0 Å². The van der Waals surface area contributed by atoms with E-state index in [4.69, 9.17) is 138 Å². The molecule has 0 radical (unpaired) electrons. The standard InChI is InChI=1S/15Ca.9HNO3.30H/c;;;;;;;;;;;;;;;9*2-1(3)4;;;;;;;;;;;;;;;;;;;;;;;;;;;;;;/h;;;;;;;;;;;;;;;9*(H,2,3,4);;;;;;;;;;;;;;;;;;;;;;;;;;;;;;. The fraction of sp³-hybridized carbons (Fsp3) is 0. The summed E-state index contributed by atoms with van der Waals surface area (Å²) in [5.74, 6) is 0. The van der Waals surface area contributed by atoms with E-state index in [1.807, 2.05) is 0 Å². The van der Waals surface area contributed by atoms with Crippen molar-refractivity contribution in [3.63, 3.8) is 0 Å². The predicted molar refractivity (Wildman–Crippen MR) is 207 cm³/mol. The van der Waals surface area contributed by atoms with Crippen molar-refractivity contribution < 1.29 is 92.6 Å². The molecule has 0 aromatic rings. The van der Waals surface area contributed by atoms with Crippen LogP contribution in [-0.2, 0) is 0 Å². The van der Waals surface area contributed by atoms with E-state index in [1.54, 1.807) is 0 Å². The van der Waals surface area contributed by atoms with Crippen molar-refractivity contribution in [1.82, 2.24) is 0 Å². The van der Waals surface area contributed by atoms with Crippen LogP contribution in [0.1, 0.15) is 0 Å². The third kappa shape index (κ3) is 1610. The van der Waals surface area contributed by atoms with Crippen LogP contribution in [0.3, 0.4) is 0 Å².